The number of aryl methyl sites for hydroxylation is 1. The number of aliphatic hydroxyl groups excluding tert-OH is 1. The van der Waals surface area contributed by atoms with Gasteiger partial charge in [0.1, 0.15) is 5.82 Å². The number of benzene rings is 1. The summed E-state index contributed by atoms with van der Waals surface area (Å²) < 4.78 is 13.7. The van der Waals surface area contributed by atoms with Crippen LogP contribution < -0.4 is 4.90 Å². The van der Waals surface area contributed by atoms with Gasteiger partial charge in [0.15, 0.2) is 0 Å². The quantitative estimate of drug-likeness (QED) is 0.879. The minimum Gasteiger partial charge on any atom is -0.389 e. The Kier molecular flexibility index (Phi) is 4.46. The van der Waals surface area contributed by atoms with E-state index in [2.05, 4.69) is 11.8 Å². The summed E-state index contributed by atoms with van der Waals surface area (Å²) in [6.07, 6.45) is 2.94. The average Bonchev–Trinajstić information content (AvgIpc) is 2.57. The van der Waals surface area contributed by atoms with E-state index in [9.17, 15) is 9.50 Å². The second-order valence-electron chi connectivity index (χ2n) is 5.86. The maximum absolute atomic E-state index is 13.7. The van der Waals surface area contributed by atoms with E-state index in [0.717, 1.165) is 37.5 Å². The molecule has 1 aliphatic rings. The number of nitrogens with zero attached hydrogens (tertiary/aromatic N) is 1. The lowest BCUT2D eigenvalue weighted by Gasteiger charge is -2.27. The molecule has 1 saturated heterocycles. The van der Waals surface area contributed by atoms with Crippen LogP contribution in [0.2, 0.25) is 0 Å². The maximum atomic E-state index is 13.7. The Labute approximate surface area is 115 Å². The third-order valence-electron chi connectivity index (χ3n) is 4.12. The molecule has 0 amide bonds. The molecule has 0 saturated carbocycles. The lowest BCUT2D eigenvalue weighted by molar-refractivity contribution is 0.199. The lowest BCUT2D eigenvalue weighted by Crippen LogP contribution is -2.26. The highest BCUT2D eigenvalue weighted by atomic mass is 19.1. The van der Waals surface area contributed by atoms with E-state index >= 15 is 0 Å². The molecule has 3 heteroatoms. The first kappa shape index (κ1) is 14.3. The van der Waals surface area contributed by atoms with E-state index in [-0.39, 0.29) is 5.82 Å². The van der Waals surface area contributed by atoms with Crippen molar-refractivity contribution in [2.75, 3.05) is 18.0 Å². The monoisotopic (exact) mass is 265 g/mol. The topological polar surface area (TPSA) is 23.5 Å². The maximum Gasteiger partial charge on any atom is 0.126 e. The smallest absolute Gasteiger partial charge is 0.126 e. The van der Waals surface area contributed by atoms with Crippen molar-refractivity contribution >= 4 is 5.69 Å². The van der Waals surface area contributed by atoms with E-state index in [1.165, 1.54) is 12.5 Å². The molecule has 2 nitrogen and oxygen atoms in total. The third kappa shape index (κ3) is 3.27. The Morgan fingerprint density at radius 3 is 2.74 bits per heavy atom. The van der Waals surface area contributed by atoms with Gasteiger partial charge in [0, 0.05) is 24.3 Å². The van der Waals surface area contributed by atoms with Gasteiger partial charge < -0.3 is 10.0 Å². The molecule has 1 fully saturated rings. The molecular formula is C16H24FNO. The summed E-state index contributed by atoms with van der Waals surface area (Å²) in [5.74, 6) is 0.518. The number of anilines is 1. The summed E-state index contributed by atoms with van der Waals surface area (Å²) in [5.41, 5.74) is 2.36. The molecule has 1 heterocycles. The molecule has 1 aromatic rings. The number of rotatable bonds is 2. The van der Waals surface area contributed by atoms with Crippen LogP contribution in [-0.2, 0) is 0 Å². The Morgan fingerprint density at radius 1 is 1.32 bits per heavy atom. The fourth-order valence-corrected chi connectivity index (χ4v) is 2.79. The molecule has 1 aliphatic heterocycles. The van der Waals surface area contributed by atoms with Crippen LogP contribution >= 0.6 is 0 Å². The fourth-order valence-electron chi connectivity index (χ4n) is 2.79. The molecule has 2 rings (SSSR count). The minimum atomic E-state index is -0.634. The molecular weight excluding hydrogens is 241 g/mol. The van der Waals surface area contributed by atoms with Gasteiger partial charge in [-0.05, 0) is 56.7 Å². The first-order valence-electron chi connectivity index (χ1n) is 7.22. The van der Waals surface area contributed by atoms with Crippen LogP contribution in [0, 0.1) is 18.7 Å². The van der Waals surface area contributed by atoms with Crippen molar-refractivity contribution in [3.8, 4) is 0 Å². The van der Waals surface area contributed by atoms with Crippen molar-refractivity contribution < 1.29 is 9.50 Å². The van der Waals surface area contributed by atoms with Crippen LogP contribution in [0.15, 0.2) is 12.1 Å². The van der Waals surface area contributed by atoms with Crippen LogP contribution in [0.4, 0.5) is 10.1 Å². The summed E-state index contributed by atoms with van der Waals surface area (Å²) in [6, 6.07) is 3.37. The largest absolute Gasteiger partial charge is 0.389 e. The van der Waals surface area contributed by atoms with Crippen molar-refractivity contribution in [1.82, 2.24) is 0 Å². The zero-order valence-corrected chi connectivity index (χ0v) is 12.1. The zero-order chi connectivity index (χ0) is 14.0. The van der Waals surface area contributed by atoms with Gasteiger partial charge in [-0.2, -0.15) is 0 Å². The minimum absolute atomic E-state index is 0.233. The van der Waals surface area contributed by atoms with Crippen molar-refractivity contribution in [1.29, 1.82) is 0 Å². The van der Waals surface area contributed by atoms with Crippen LogP contribution in [0.1, 0.15) is 50.3 Å². The number of hydrogen-bond acceptors (Lipinski definition) is 2. The van der Waals surface area contributed by atoms with E-state index in [1.54, 1.807) is 13.8 Å². The predicted octanol–water partition coefficient (Wildman–Crippen LogP) is 3.81. The Morgan fingerprint density at radius 2 is 2.05 bits per heavy atom. The predicted molar refractivity (Wildman–Crippen MR) is 77.0 cm³/mol. The first-order chi connectivity index (χ1) is 8.99. The lowest BCUT2D eigenvalue weighted by atomic mass is 10.0. The first-order valence-corrected chi connectivity index (χ1v) is 7.22. The van der Waals surface area contributed by atoms with Gasteiger partial charge in [0.05, 0.1) is 6.10 Å². The summed E-state index contributed by atoms with van der Waals surface area (Å²) in [6.45, 7) is 7.76. The number of halogens is 1. The van der Waals surface area contributed by atoms with Crippen molar-refractivity contribution in [3.05, 3.63) is 29.1 Å². The van der Waals surface area contributed by atoms with Gasteiger partial charge >= 0.3 is 0 Å². The number of aliphatic hydroxyl groups is 1. The highest BCUT2D eigenvalue weighted by molar-refractivity contribution is 5.57. The highest BCUT2D eigenvalue weighted by Gasteiger charge is 2.19. The SMILES string of the molecule is Cc1cc(N2CCCC(C)CC2)c(C(C)O)cc1F. The van der Waals surface area contributed by atoms with Crippen molar-refractivity contribution in [2.24, 2.45) is 5.92 Å². The summed E-state index contributed by atoms with van der Waals surface area (Å²) in [5, 5.41) is 9.88. The molecule has 1 aromatic carbocycles. The van der Waals surface area contributed by atoms with E-state index in [0.29, 0.717) is 11.1 Å². The molecule has 106 valence electrons. The van der Waals surface area contributed by atoms with Crippen molar-refractivity contribution in [2.45, 2.75) is 46.1 Å². The second-order valence-corrected chi connectivity index (χ2v) is 5.86. The van der Waals surface area contributed by atoms with Crippen LogP contribution in [0.3, 0.4) is 0 Å². The normalized spacial score (nSPS) is 22.2. The number of hydrogen-bond donors (Lipinski definition) is 1. The molecule has 0 aromatic heterocycles. The molecule has 1 N–H and O–H groups in total. The Balaban J connectivity index is 2.34. The van der Waals surface area contributed by atoms with Crippen LogP contribution in [-0.4, -0.2) is 18.2 Å². The molecule has 2 atom stereocenters. The van der Waals surface area contributed by atoms with Crippen LogP contribution in [0.25, 0.3) is 0 Å². The van der Waals surface area contributed by atoms with Gasteiger partial charge in [0.25, 0.3) is 0 Å². The van der Waals surface area contributed by atoms with Gasteiger partial charge in [-0.1, -0.05) is 6.92 Å². The summed E-state index contributed by atoms with van der Waals surface area (Å²) in [4.78, 5) is 2.30. The summed E-state index contributed by atoms with van der Waals surface area (Å²) in [7, 11) is 0. The molecule has 0 aliphatic carbocycles. The van der Waals surface area contributed by atoms with E-state index in [4.69, 9.17) is 0 Å². The molecule has 2 unspecified atom stereocenters. The van der Waals surface area contributed by atoms with Gasteiger partial charge in [0.2, 0.25) is 0 Å². The standard InChI is InChI=1S/C16H24FNO/c1-11-5-4-7-18(8-6-11)16-9-12(2)15(17)10-14(16)13(3)19/h9-11,13,19H,4-8H2,1-3H3. The van der Waals surface area contributed by atoms with Gasteiger partial charge in [-0.3, -0.25) is 0 Å². The zero-order valence-electron chi connectivity index (χ0n) is 12.1. The van der Waals surface area contributed by atoms with E-state index < -0.39 is 6.10 Å². The van der Waals surface area contributed by atoms with Crippen LogP contribution in [0.5, 0.6) is 0 Å². The second kappa shape index (κ2) is 5.91. The van der Waals surface area contributed by atoms with E-state index in [1.807, 2.05) is 6.07 Å². The van der Waals surface area contributed by atoms with Crippen molar-refractivity contribution in [3.63, 3.8) is 0 Å². The molecule has 0 radical (unpaired) electrons. The molecule has 19 heavy (non-hydrogen) atoms. The molecule has 0 spiro atoms. The summed E-state index contributed by atoms with van der Waals surface area (Å²) >= 11 is 0. The highest BCUT2D eigenvalue weighted by Crippen LogP contribution is 2.31. The fraction of sp³-hybridized carbons (Fsp3) is 0.625. The average molecular weight is 265 g/mol. The molecule has 0 bridgehead atoms. The third-order valence-corrected chi connectivity index (χ3v) is 4.12. The van der Waals surface area contributed by atoms with Gasteiger partial charge in [-0.25, -0.2) is 4.39 Å². The Hall–Kier alpha value is -1.09. The Bertz CT molecular complexity index is 445. The van der Waals surface area contributed by atoms with Gasteiger partial charge in [-0.15, -0.1) is 0 Å².